The molecule has 5 nitrogen and oxygen atoms in total. The molecule has 0 fully saturated rings. The molecule has 0 unspecified atom stereocenters. The first kappa shape index (κ1) is 25.2. The van der Waals surface area contributed by atoms with Gasteiger partial charge in [0.15, 0.2) is 0 Å². The summed E-state index contributed by atoms with van der Waals surface area (Å²) < 4.78 is 5.77. The molecule has 0 bridgehead atoms. The van der Waals surface area contributed by atoms with E-state index in [4.69, 9.17) is 16.3 Å². The van der Waals surface area contributed by atoms with Gasteiger partial charge in [-0.05, 0) is 49.4 Å². The Labute approximate surface area is 223 Å². The molecule has 0 atom stereocenters. The summed E-state index contributed by atoms with van der Waals surface area (Å²) in [4.78, 5) is 12.6. The normalized spacial score (nSPS) is 10.5. The number of hydrogen-bond acceptors (Lipinski definition) is 5. The minimum absolute atomic E-state index is 0.278. The van der Waals surface area contributed by atoms with E-state index in [0.29, 0.717) is 17.4 Å². The zero-order valence-corrected chi connectivity index (χ0v) is 24.9. The molecule has 0 spiro atoms. The summed E-state index contributed by atoms with van der Waals surface area (Å²) in [5, 5.41) is 4.79. The first-order valence-corrected chi connectivity index (χ1v) is 22.9. The Morgan fingerprint density at radius 3 is 2.52 bits per heavy atom. The third-order valence-electron chi connectivity index (χ3n) is 4.09. The van der Waals surface area contributed by atoms with Crippen molar-refractivity contribution in [2.45, 2.75) is 13.5 Å². The van der Waals surface area contributed by atoms with Crippen LogP contribution in [0.5, 0.6) is 5.75 Å². The Hall–Kier alpha value is -0.406. The van der Waals surface area contributed by atoms with Crippen LogP contribution in [0.1, 0.15) is 11.3 Å². The van der Waals surface area contributed by atoms with E-state index in [1.165, 1.54) is 0 Å². The predicted octanol–water partition coefficient (Wildman–Crippen LogP) is 7.96. The summed E-state index contributed by atoms with van der Waals surface area (Å²) in [5.41, 5.74) is 3.71. The predicted molar refractivity (Wildman–Crippen MR) is 150 cm³/mol. The molecule has 31 heavy (non-hydrogen) atoms. The molecule has 0 aliphatic heterocycles. The summed E-state index contributed by atoms with van der Waals surface area (Å²) in [6.45, 7) is 2.41. The van der Waals surface area contributed by atoms with E-state index in [0.717, 1.165) is 33.7 Å². The Bertz CT molecular complexity index is 1150. The van der Waals surface area contributed by atoms with Gasteiger partial charge in [0.05, 0.1) is 16.2 Å². The molecule has 2 aromatic carbocycles. The van der Waals surface area contributed by atoms with Crippen LogP contribution < -0.4 is 10.1 Å². The first-order chi connectivity index (χ1) is 14.9. The van der Waals surface area contributed by atoms with Crippen molar-refractivity contribution >= 4 is 93.9 Å². The Kier molecular flexibility index (Phi) is 10.4. The number of fused-ring (bicyclic) bond motifs is 1. The molecule has 2 heterocycles. The zero-order valence-electron chi connectivity index (χ0n) is 16.3. The quantitative estimate of drug-likeness (QED) is 0.208. The van der Waals surface area contributed by atoms with Crippen molar-refractivity contribution in [1.29, 1.82) is 0 Å². The molecule has 0 aliphatic carbocycles. The number of anilines is 2. The molecule has 0 radical (unpaired) electrons. The molecular weight excluding hydrogens is 791 g/mol. The van der Waals surface area contributed by atoms with Gasteiger partial charge in [-0.2, -0.15) is 0 Å². The van der Waals surface area contributed by atoms with Crippen LogP contribution in [-0.2, 0) is 11.5 Å². The van der Waals surface area contributed by atoms with Crippen molar-refractivity contribution in [2.24, 2.45) is 0 Å². The molecule has 0 saturated carbocycles. The van der Waals surface area contributed by atoms with E-state index >= 15 is 0 Å². The molecule has 0 saturated heterocycles. The molecule has 160 valence electrons. The Morgan fingerprint density at radius 2 is 1.81 bits per heavy atom. The molecule has 0 amide bonds. The van der Waals surface area contributed by atoms with E-state index in [9.17, 15) is 0 Å². The number of pyridine rings is 1. The topological polar surface area (TPSA) is 59.9 Å². The van der Waals surface area contributed by atoms with Crippen LogP contribution >= 0.6 is 71.5 Å². The third kappa shape index (κ3) is 8.15. The van der Waals surface area contributed by atoms with Crippen LogP contribution in [0.2, 0.25) is 5.02 Å². The van der Waals surface area contributed by atoms with Crippen molar-refractivity contribution in [1.82, 2.24) is 15.0 Å². The van der Waals surface area contributed by atoms with Gasteiger partial charge in [-0.3, -0.25) is 4.98 Å². The molecule has 4 rings (SSSR count). The third-order valence-corrected chi connectivity index (χ3v) is 4.38. The van der Waals surface area contributed by atoms with E-state index in [1.54, 1.807) is 12.5 Å². The fourth-order valence-electron chi connectivity index (χ4n) is 2.74. The second kappa shape index (κ2) is 12.7. The summed E-state index contributed by atoms with van der Waals surface area (Å²) in [5.74, 6) is 1.35. The Balaban J connectivity index is 0.000000628. The number of aromatic nitrogens is 3. The van der Waals surface area contributed by atoms with E-state index in [1.807, 2.05) is 55.5 Å². The fraction of sp³-hybridized carbons (Fsp3) is 0.0952. The zero-order chi connectivity index (χ0) is 22.2. The van der Waals surface area contributed by atoms with Gasteiger partial charge < -0.3 is 10.1 Å². The van der Waals surface area contributed by atoms with Crippen molar-refractivity contribution < 1.29 is 9.66 Å². The van der Waals surface area contributed by atoms with Gasteiger partial charge in [0.1, 0.15) is 24.5 Å². The second-order valence-electron chi connectivity index (χ2n) is 6.31. The van der Waals surface area contributed by atoms with Crippen molar-refractivity contribution in [3.63, 3.8) is 0 Å². The van der Waals surface area contributed by atoms with Gasteiger partial charge in [-0.25, -0.2) is 9.97 Å². The van der Waals surface area contributed by atoms with Gasteiger partial charge in [0, 0.05) is 17.3 Å². The molecule has 4 aromatic rings. The number of benzene rings is 2. The Morgan fingerprint density at radius 1 is 1.00 bits per heavy atom. The van der Waals surface area contributed by atoms with Crippen LogP contribution in [-0.4, -0.2) is 15.0 Å². The number of aryl methyl sites for hydroxylation is 1. The van der Waals surface area contributed by atoms with Crippen molar-refractivity contribution in [3.8, 4) is 5.75 Å². The molecular formula is C21H17ClI3N4OV. The van der Waals surface area contributed by atoms with Crippen LogP contribution in [0.4, 0.5) is 11.5 Å². The number of ether oxygens (including phenoxy) is 1. The van der Waals surface area contributed by atoms with Gasteiger partial charge in [-0.1, -0.05) is 29.3 Å². The van der Waals surface area contributed by atoms with E-state index in [-0.39, 0.29) is 4.92 Å². The average Bonchev–Trinajstić information content (AvgIpc) is 2.74. The number of halogens is 4. The SMILES string of the molecule is Cc1ccc2ncnc(Nc3ccc(OCc4ccccn4)c(Cl)c3)c2c1.[I][V]([I])[I]. The molecule has 0 aliphatic rings. The van der Waals surface area contributed by atoms with E-state index < -0.39 is 0 Å². The van der Waals surface area contributed by atoms with Crippen LogP contribution in [0.25, 0.3) is 10.9 Å². The average molecular weight is 809 g/mol. The molecule has 10 heteroatoms. The standard InChI is InChI=1S/C21H17ClN4O.3HI.V/c1-14-5-7-19-17(10-14)21(25-13-24-19)26-15-6-8-20(18(22)11-15)27-12-16-4-2-3-9-23-16;;;;/h2-11,13H,12H2,1H3,(H,24,25,26);3*1H;/q;;;;+3/p-3. The van der Waals surface area contributed by atoms with Crippen molar-refractivity contribution in [2.75, 3.05) is 5.32 Å². The number of hydrogen-bond donors (Lipinski definition) is 1. The van der Waals surface area contributed by atoms with Crippen molar-refractivity contribution in [3.05, 3.63) is 83.4 Å². The molecule has 1 N–H and O–H groups in total. The van der Waals surface area contributed by atoms with Gasteiger partial charge in [0.2, 0.25) is 0 Å². The monoisotopic (exact) mass is 808 g/mol. The van der Waals surface area contributed by atoms with Gasteiger partial charge in [0.25, 0.3) is 0 Å². The van der Waals surface area contributed by atoms with Gasteiger partial charge in [-0.15, -0.1) is 0 Å². The molecule has 2 aromatic heterocycles. The van der Waals surface area contributed by atoms with E-state index in [2.05, 4.69) is 86.3 Å². The van der Waals surface area contributed by atoms with Crippen LogP contribution in [0.15, 0.2) is 67.1 Å². The fourth-order valence-corrected chi connectivity index (χ4v) is 2.97. The second-order valence-corrected chi connectivity index (χ2v) is 42.1. The summed E-state index contributed by atoms with van der Waals surface area (Å²) in [6, 6.07) is 17.3. The van der Waals surface area contributed by atoms with Crippen LogP contribution in [0.3, 0.4) is 0 Å². The minimum atomic E-state index is -0.278. The number of rotatable bonds is 5. The van der Waals surface area contributed by atoms with Crippen LogP contribution in [0, 0.1) is 6.92 Å². The number of nitrogens with one attached hydrogen (secondary N) is 1. The maximum atomic E-state index is 6.39. The summed E-state index contributed by atoms with van der Waals surface area (Å²) in [7, 11) is 0. The number of nitrogens with zero attached hydrogens (tertiary/aromatic N) is 3. The maximum absolute atomic E-state index is 6.39. The van der Waals surface area contributed by atoms with Gasteiger partial charge >= 0.3 is 64.9 Å². The summed E-state index contributed by atoms with van der Waals surface area (Å²) in [6.07, 6.45) is 3.28. The first-order valence-electron chi connectivity index (χ1n) is 9.00. The summed E-state index contributed by atoms with van der Waals surface area (Å²) >= 11 is 13.8.